The molecule has 3 rings (SSSR count). The van der Waals surface area contributed by atoms with Crippen molar-refractivity contribution >= 4 is 10.0 Å². The van der Waals surface area contributed by atoms with E-state index >= 15 is 0 Å². The van der Waals surface area contributed by atoms with Gasteiger partial charge in [-0.05, 0) is 31.9 Å². The minimum absolute atomic E-state index is 0.00853. The summed E-state index contributed by atoms with van der Waals surface area (Å²) in [5.74, 6) is 1.46. The smallest absolute Gasteiger partial charge is 0.258 e. The Morgan fingerprint density at radius 1 is 1.35 bits per heavy atom. The van der Waals surface area contributed by atoms with Crippen molar-refractivity contribution in [3.8, 4) is 0 Å². The van der Waals surface area contributed by atoms with Gasteiger partial charge in [-0.1, -0.05) is 6.07 Å². The molecule has 1 aliphatic rings. The molecule has 0 aliphatic heterocycles. The van der Waals surface area contributed by atoms with Gasteiger partial charge in [0.1, 0.15) is 11.6 Å². The third-order valence-corrected chi connectivity index (χ3v) is 4.50. The summed E-state index contributed by atoms with van der Waals surface area (Å²) in [4.78, 5) is 3.84. The lowest BCUT2D eigenvalue weighted by Gasteiger charge is -2.08. The van der Waals surface area contributed by atoms with Gasteiger partial charge in [0.05, 0.1) is 6.54 Å². The first-order chi connectivity index (χ1) is 9.58. The number of aromatic nitrogens is 4. The van der Waals surface area contributed by atoms with Crippen LogP contribution in [-0.2, 0) is 16.6 Å². The van der Waals surface area contributed by atoms with Gasteiger partial charge in [0.2, 0.25) is 0 Å². The highest BCUT2D eigenvalue weighted by Crippen LogP contribution is 2.36. The zero-order valence-corrected chi connectivity index (χ0v) is 11.8. The van der Waals surface area contributed by atoms with Gasteiger partial charge in [0.25, 0.3) is 10.0 Å². The third kappa shape index (κ3) is 2.56. The number of pyridine rings is 1. The lowest BCUT2D eigenvalue weighted by molar-refractivity contribution is 0.569. The van der Waals surface area contributed by atoms with Gasteiger partial charge in [-0.2, -0.15) is 0 Å². The Morgan fingerprint density at radius 3 is 2.80 bits per heavy atom. The minimum Gasteiger partial charge on any atom is -0.311 e. The molecule has 106 valence electrons. The average molecular weight is 293 g/mol. The molecule has 2 heterocycles. The second kappa shape index (κ2) is 4.95. The molecule has 20 heavy (non-hydrogen) atoms. The van der Waals surface area contributed by atoms with E-state index in [-0.39, 0.29) is 11.6 Å². The summed E-state index contributed by atoms with van der Waals surface area (Å²) >= 11 is 0. The Bertz CT molecular complexity index is 707. The Kier molecular flexibility index (Phi) is 3.27. The molecule has 0 aromatic carbocycles. The topological polar surface area (TPSA) is 89.8 Å². The number of hydrogen-bond acceptors (Lipinski definition) is 5. The van der Waals surface area contributed by atoms with E-state index in [1.165, 1.54) is 12.3 Å². The summed E-state index contributed by atoms with van der Waals surface area (Å²) in [7, 11) is -3.61. The van der Waals surface area contributed by atoms with Crippen LogP contribution >= 0.6 is 0 Å². The van der Waals surface area contributed by atoms with E-state index in [2.05, 4.69) is 19.9 Å². The molecule has 0 radical (unpaired) electrons. The van der Waals surface area contributed by atoms with Gasteiger partial charge < -0.3 is 4.57 Å². The largest absolute Gasteiger partial charge is 0.311 e. The summed E-state index contributed by atoms with van der Waals surface area (Å²) in [5, 5.41) is 8.06. The molecule has 1 N–H and O–H groups in total. The molecule has 2 aromatic rings. The maximum atomic E-state index is 12.1. The van der Waals surface area contributed by atoms with Gasteiger partial charge in [-0.25, -0.2) is 18.1 Å². The highest BCUT2D eigenvalue weighted by molar-refractivity contribution is 7.89. The van der Waals surface area contributed by atoms with Crippen LogP contribution in [0.25, 0.3) is 0 Å². The van der Waals surface area contributed by atoms with Crippen LogP contribution in [0.1, 0.15) is 30.5 Å². The van der Waals surface area contributed by atoms with Crippen molar-refractivity contribution in [1.82, 2.24) is 24.5 Å². The summed E-state index contributed by atoms with van der Waals surface area (Å²) in [6.45, 7) is 2.00. The van der Waals surface area contributed by atoms with Crippen molar-refractivity contribution in [3.05, 3.63) is 36.0 Å². The molecular formula is C12H15N5O2S. The van der Waals surface area contributed by atoms with Gasteiger partial charge in [-0.15, -0.1) is 10.2 Å². The number of nitrogens with one attached hydrogen (secondary N) is 1. The van der Waals surface area contributed by atoms with Gasteiger partial charge in [0.15, 0.2) is 5.03 Å². The Balaban J connectivity index is 1.77. The molecule has 0 atom stereocenters. The van der Waals surface area contributed by atoms with Crippen LogP contribution in [0.5, 0.6) is 0 Å². The van der Waals surface area contributed by atoms with Crippen molar-refractivity contribution in [2.24, 2.45) is 0 Å². The Morgan fingerprint density at radius 2 is 2.15 bits per heavy atom. The first-order valence-electron chi connectivity index (χ1n) is 6.39. The summed E-state index contributed by atoms with van der Waals surface area (Å²) in [6, 6.07) is 5.18. The van der Waals surface area contributed by atoms with E-state index in [1.807, 2.05) is 11.5 Å². The van der Waals surface area contributed by atoms with E-state index in [0.29, 0.717) is 11.9 Å². The van der Waals surface area contributed by atoms with E-state index < -0.39 is 10.0 Å². The molecule has 0 bridgehead atoms. The van der Waals surface area contributed by atoms with Gasteiger partial charge in [0, 0.05) is 12.2 Å². The fourth-order valence-electron chi connectivity index (χ4n) is 2.08. The van der Waals surface area contributed by atoms with Gasteiger partial charge >= 0.3 is 0 Å². The zero-order chi connectivity index (χ0) is 14.2. The molecule has 1 fully saturated rings. The van der Waals surface area contributed by atoms with Crippen molar-refractivity contribution in [2.45, 2.75) is 37.4 Å². The molecule has 0 spiro atoms. The molecule has 0 unspecified atom stereocenters. The fourth-order valence-corrected chi connectivity index (χ4v) is 3.01. The predicted octanol–water partition coefficient (Wildman–Crippen LogP) is 0.795. The monoisotopic (exact) mass is 293 g/mol. The van der Waals surface area contributed by atoms with E-state index in [9.17, 15) is 8.42 Å². The van der Waals surface area contributed by atoms with E-state index in [1.54, 1.807) is 12.1 Å². The van der Waals surface area contributed by atoms with Crippen molar-refractivity contribution < 1.29 is 8.42 Å². The molecule has 8 heteroatoms. The maximum absolute atomic E-state index is 12.1. The summed E-state index contributed by atoms with van der Waals surface area (Å²) in [6.07, 6.45) is 3.64. The highest BCUT2D eigenvalue weighted by Gasteiger charge is 2.28. The van der Waals surface area contributed by atoms with Crippen LogP contribution in [0, 0.1) is 6.92 Å². The van der Waals surface area contributed by atoms with Crippen molar-refractivity contribution in [3.63, 3.8) is 0 Å². The van der Waals surface area contributed by atoms with Crippen LogP contribution in [-0.4, -0.2) is 28.2 Å². The third-order valence-electron chi connectivity index (χ3n) is 3.18. The number of hydrogen-bond donors (Lipinski definition) is 1. The standard InChI is InChI=1S/C12H15N5O2S/c1-9-15-16-11(17(9)10-5-6-10)8-14-20(18,19)12-4-2-3-7-13-12/h2-4,7,10,14H,5-6,8H2,1H3. The van der Waals surface area contributed by atoms with Crippen molar-refractivity contribution in [1.29, 1.82) is 0 Å². The Hall–Kier alpha value is -1.80. The average Bonchev–Trinajstić information content (AvgIpc) is 3.21. The number of aryl methyl sites for hydroxylation is 1. The lowest BCUT2D eigenvalue weighted by Crippen LogP contribution is -2.25. The molecule has 0 amide bonds. The first-order valence-corrected chi connectivity index (χ1v) is 7.87. The number of nitrogens with zero attached hydrogens (tertiary/aromatic N) is 4. The summed E-state index contributed by atoms with van der Waals surface area (Å²) < 4.78 is 28.7. The predicted molar refractivity (Wildman–Crippen MR) is 71.3 cm³/mol. The SMILES string of the molecule is Cc1nnc(CNS(=O)(=O)c2ccccn2)n1C1CC1. The summed E-state index contributed by atoms with van der Waals surface area (Å²) in [5.41, 5.74) is 0. The second-order valence-electron chi connectivity index (χ2n) is 4.76. The molecule has 1 aliphatic carbocycles. The maximum Gasteiger partial charge on any atom is 0.258 e. The number of rotatable bonds is 5. The van der Waals surface area contributed by atoms with Crippen molar-refractivity contribution in [2.75, 3.05) is 0 Å². The van der Waals surface area contributed by atoms with E-state index in [0.717, 1.165) is 18.7 Å². The molecular weight excluding hydrogens is 278 g/mol. The molecule has 7 nitrogen and oxygen atoms in total. The first kappa shape index (κ1) is 13.2. The second-order valence-corrected chi connectivity index (χ2v) is 6.47. The van der Waals surface area contributed by atoms with Crippen LogP contribution in [0.3, 0.4) is 0 Å². The molecule has 0 saturated heterocycles. The number of sulfonamides is 1. The van der Waals surface area contributed by atoms with Gasteiger partial charge in [-0.3, -0.25) is 0 Å². The Labute approximate surface area is 117 Å². The minimum atomic E-state index is -3.61. The van der Waals surface area contributed by atoms with Crippen LogP contribution in [0.4, 0.5) is 0 Å². The van der Waals surface area contributed by atoms with Crippen LogP contribution in [0.2, 0.25) is 0 Å². The fraction of sp³-hybridized carbons (Fsp3) is 0.417. The molecule has 2 aromatic heterocycles. The van der Waals surface area contributed by atoms with Crippen LogP contribution < -0.4 is 4.72 Å². The quantitative estimate of drug-likeness (QED) is 0.880. The molecule has 1 saturated carbocycles. The van der Waals surface area contributed by atoms with E-state index in [4.69, 9.17) is 0 Å². The zero-order valence-electron chi connectivity index (χ0n) is 11.0. The lowest BCUT2D eigenvalue weighted by atomic mass is 10.5. The normalized spacial score (nSPS) is 15.4. The van der Waals surface area contributed by atoms with Crippen LogP contribution in [0.15, 0.2) is 29.4 Å². The highest BCUT2D eigenvalue weighted by atomic mass is 32.2.